The summed E-state index contributed by atoms with van der Waals surface area (Å²) in [5, 5.41) is 11.0. The van der Waals surface area contributed by atoms with Crippen molar-refractivity contribution < 1.29 is 23.7 Å². The van der Waals surface area contributed by atoms with Gasteiger partial charge in [0.1, 0.15) is 17.1 Å². The smallest absolute Gasteiger partial charge is 0.342 e. The van der Waals surface area contributed by atoms with Gasteiger partial charge in [0.2, 0.25) is 0 Å². The van der Waals surface area contributed by atoms with E-state index in [1.54, 1.807) is 19.1 Å². The maximum absolute atomic E-state index is 12.8. The molecule has 28 heavy (non-hydrogen) atoms. The van der Waals surface area contributed by atoms with Crippen LogP contribution in [0.1, 0.15) is 56.5 Å². The Hall–Kier alpha value is -3.22. The van der Waals surface area contributed by atoms with Crippen LogP contribution in [0, 0.1) is 10.1 Å². The minimum atomic E-state index is -0.549. The zero-order valence-electron chi connectivity index (χ0n) is 16.6. The summed E-state index contributed by atoms with van der Waals surface area (Å²) < 4.78 is 11.2. The molecule has 0 radical (unpaired) electrons. The Bertz CT molecular complexity index is 929. The van der Waals surface area contributed by atoms with Crippen molar-refractivity contribution in [3.63, 3.8) is 0 Å². The quantitative estimate of drug-likeness (QED) is 0.302. The molecule has 2 rings (SSSR count). The fraction of sp³-hybridized carbons (Fsp3) is 0.333. The van der Waals surface area contributed by atoms with Crippen molar-refractivity contribution in [3.05, 3.63) is 57.5 Å². The Morgan fingerprint density at radius 1 is 1.21 bits per heavy atom. The van der Waals surface area contributed by atoms with E-state index in [9.17, 15) is 19.7 Å². The van der Waals surface area contributed by atoms with E-state index in [2.05, 4.69) is 0 Å². The molecule has 0 saturated heterocycles. The molecular weight excluding hydrogens is 362 g/mol. The maximum atomic E-state index is 12.8. The van der Waals surface area contributed by atoms with E-state index in [0.717, 1.165) is 0 Å². The fourth-order valence-electron chi connectivity index (χ4n) is 2.72. The number of nitro benzene ring substituents is 1. The van der Waals surface area contributed by atoms with Crippen LogP contribution in [0.5, 0.6) is 0 Å². The summed E-state index contributed by atoms with van der Waals surface area (Å²) >= 11 is 0. The number of allylic oxidation sites excluding steroid dienone is 1. The summed E-state index contributed by atoms with van der Waals surface area (Å²) in [6.45, 7) is 8.98. The molecule has 7 nitrogen and oxygen atoms in total. The lowest BCUT2D eigenvalue weighted by Gasteiger charge is -2.17. The van der Waals surface area contributed by atoms with Crippen LogP contribution in [0.15, 0.2) is 34.8 Å². The number of non-ortho nitro benzene ring substituents is 1. The first-order valence-corrected chi connectivity index (χ1v) is 8.84. The van der Waals surface area contributed by atoms with E-state index in [-0.39, 0.29) is 23.6 Å². The second-order valence-electron chi connectivity index (χ2n) is 7.26. The highest BCUT2D eigenvalue weighted by Crippen LogP contribution is 2.40. The molecule has 0 fully saturated rings. The number of nitro groups is 1. The van der Waals surface area contributed by atoms with Crippen LogP contribution < -0.4 is 0 Å². The maximum Gasteiger partial charge on any atom is 0.342 e. The summed E-state index contributed by atoms with van der Waals surface area (Å²) in [5.74, 6) is 0.00702. The Labute approximate surface area is 163 Å². The third-order valence-electron chi connectivity index (χ3n) is 3.93. The number of ketones is 1. The molecule has 0 saturated carbocycles. The molecule has 7 heteroatoms. The molecule has 0 unspecified atom stereocenters. The van der Waals surface area contributed by atoms with Crippen LogP contribution in [0.4, 0.5) is 5.69 Å². The van der Waals surface area contributed by atoms with Crippen molar-refractivity contribution in [3.8, 4) is 11.1 Å². The Morgan fingerprint density at radius 3 is 2.29 bits per heavy atom. The first-order chi connectivity index (χ1) is 13.1. The largest absolute Gasteiger partial charge is 0.462 e. The minimum absolute atomic E-state index is 0.0678. The fourth-order valence-corrected chi connectivity index (χ4v) is 2.72. The lowest BCUT2D eigenvalue weighted by Crippen LogP contribution is -2.17. The van der Waals surface area contributed by atoms with E-state index in [4.69, 9.17) is 9.15 Å². The van der Waals surface area contributed by atoms with Gasteiger partial charge in [-0.15, -0.1) is 0 Å². The van der Waals surface area contributed by atoms with Gasteiger partial charge in [-0.3, -0.25) is 14.9 Å². The highest BCUT2D eigenvalue weighted by atomic mass is 16.6. The summed E-state index contributed by atoms with van der Waals surface area (Å²) in [4.78, 5) is 34.6. The van der Waals surface area contributed by atoms with Gasteiger partial charge in [-0.1, -0.05) is 20.8 Å². The zero-order valence-corrected chi connectivity index (χ0v) is 16.6. The molecule has 0 spiro atoms. The van der Waals surface area contributed by atoms with Crippen molar-refractivity contribution in [1.29, 1.82) is 0 Å². The molecule has 1 heterocycles. The highest BCUT2D eigenvalue weighted by molar-refractivity contribution is 6.02. The standard InChI is InChI=1S/C21H23NO6/c1-6-27-20(24)18-17(14-8-10-15(11-9-14)22(25)26)16(12-7-13(2)23)28-19(18)21(3,4)5/h7-12H,6H2,1-5H3/b12-7+. The number of hydrogen-bond donors (Lipinski definition) is 0. The van der Waals surface area contributed by atoms with E-state index < -0.39 is 16.3 Å². The highest BCUT2D eigenvalue weighted by Gasteiger charge is 2.33. The molecule has 0 amide bonds. The van der Waals surface area contributed by atoms with E-state index in [1.165, 1.54) is 31.2 Å². The predicted octanol–water partition coefficient (Wildman–Crippen LogP) is 4.93. The molecule has 0 atom stereocenters. The molecule has 0 aliphatic rings. The van der Waals surface area contributed by atoms with Gasteiger partial charge in [-0.05, 0) is 43.7 Å². The number of furan rings is 1. The Morgan fingerprint density at radius 2 is 1.82 bits per heavy atom. The summed E-state index contributed by atoms with van der Waals surface area (Å²) in [5.41, 5.74) is 0.667. The van der Waals surface area contributed by atoms with Crippen molar-refractivity contribution in [2.45, 2.75) is 40.0 Å². The van der Waals surface area contributed by atoms with Gasteiger partial charge in [0, 0.05) is 23.1 Å². The molecule has 0 bridgehead atoms. The third kappa shape index (κ3) is 4.54. The van der Waals surface area contributed by atoms with Crippen LogP contribution in [0.25, 0.3) is 17.2 Å². The number of rotatable bonds is 6. The summed E-state index contributed by atoms with van der Waals surface area (Å²) in [6.07, 6.45) is 2.84. The van der Waals surface area contributed by atoms with Gasteiger partial charge >= 0.3 is 5.97 Å². The second-order valence-corrected chi connectivity index (χ2v) is 7.26. The van der Waals surface area contributed by atoms with Crippen molar-refractivity contribution in [2.75, 3.05) is 6.61 Å². The second kappa shape index (κ2) is 8.21. The minimum Gasteiger partial charge on any atom is -0.462 e. The summed E-state index contributed by atoms with van der Waals surface area (Å²) in [6, 6.07) is 5.80. The number of carbonyl (C=O) groups is 2. The van der Waals surface area contributed by atoms with Gasteiger partial charge in [-0.2, -0.15) is 0 Å². The first-order valence-electron chi connectivity index (χ1n) is 8.84. The molecule has 1 aromatic carbocycles. The van der Waals surface area contributed by atoms with Gasteiger partial charge in [0.05, 0.1) is 11.5 Å². The van der Waals surface area contributed by atoms with Gasteiger partial charge in [-0.25, -0.2) is 4.79 Å². The molecule has 1 aromatic heterocycles. The molecule has 148 valence electrons. The number of hydrogen-bond acceptors (Lipinski definition) is 6. The molecule has 0 aliphatic carbocycles. The SMILES string of the molecule is CCOC(=O)c1c(C(C)(C)C)oc(/C=C/C(C)=O)c1-c1ccc([N+](=O)[O-])cc1. The zero-order chi connectivity index (χ0) is 21.1. The van der Waals surface area contributed by atoms with Crippen molar-refractivity contribution in [1.82, 2.24) is 0 Å². The third-order valence-corrected chi connectivity index (χ3v) is 3.93. The normalized spacial score (nSPS) is 11.6. The van der Waals surface area contributed by atoms with E-state index >= 15 is 0 Å². The van der Waals surface area contributed by atoms with Gasteiger partial charge < -0.3 is 9.15 Å². The lowest BCUT2D eigenvalue weighted by molar-refractivity contribution is -0.384. The topological polar surface area (TPSA) is 99.7 Å². The molecule has 0 N–H and O–H groups in total. The van der Waals surface area contributed by atoms with E-state index in [0.29, 0.717) is 22.6 Å². The Balaban J connectivity index is 2.80. The van der Waals surface area contributed by atoms with Crippen LogP contribution in [0.3, 0.4) is 0 Å². The predicted molar refractivity (Wildman–Crippen MR) is 105 cm³/mol. The number of nitrogens with zero attached hydrogens (tertiary/aromatic N) is 1. The first kappa shape index (κ1) is 21.1. The molecule has 2 aromatic rings. The van der Waals surface area contributed by atoms with E-state index in [1.807, 2.05) is 20.8 Å². The average Bonchev–Trinajstić information content (AvgIpc) is 3.00. The van der Waals surface area contributed by atoms with Crippen molar-refractivity contribution >= 4 is 23.5 Å². The Kier molecular flexibility index (Phi) is 6.18. The van der Waals surface area contributed by atoms with Crippen LogP contribution >= 0.6 is 0 Å². The number of esters is 1. The summed E-state index contributed by atoms with van der Waals surface area (Å²) in [7, 11) is 0. The molecular formula is C21H23NO6. The lowest BCUT2D eigenvalue weighted by atomic mass is 9.88. The monoisotopic (exact) mass is 385 g/mol. The van der Waals surface area contributed by atoms with Crippen LogP contribution in [-0.4, -0.2) is 23.3 Å². The van der Waals surface area contributed by atoms with Gasteiger partial charge in [0.25, 0.3) is 5.69 Å². The van der Waals surface area contributed by atoms with Crippen LogP contribution in [0.2, 0.25) is 0 Å². The van der Waals surface area contributed by atoms with Gasteiger partial charge in [0.15, 0.2) is 5.78 Å². The number of carbonyl (C=O) groups excluding carboxylic acids is 2. The van der Waals surface area contributed by atoms with Crippen LogP contribution in [-0.2, 0) is 14.9 Å². The average molecular weight is 385 g/mol. The molecule has 0 aliphatic heterocycles. The number of benzene rings is 1. The number of ether oxygens (including phenoxy) is 1. The van der Waals surface area contributed by atoms with Crippen molar-refractivity contribution in [2.24, 2.45) is 0 Å².